The number of anilines is 1. The number of aromatic amines is 1. The van der Waals surface area contributed by atoms with Gasteiger partial charge in [0.15, 0.2) is 0 Å². The molecule has 4 rings (SSSR count). The van der Waals surface area contributed by atoms with Crippen molar-refractivity contribution in [2.45, 2.75) is 25.4 Å². The van der Waals surface area contributed by atoms with Crippen molar-refractivity contribution in [3.8, 4) is 11.1 Å². The van der Waals surface area contributed by atoms with Gasteiger partial charge in [0.25, 0.3) is 0 Å². The third-order valence-electron chi connectivity index (χ3n) is 4.53. The molecular formula is C17H19N3O2. The van der Waals surface area contributed by atoms with Crippen LogP contribution in [0.1, 0.15) is 19.3 Å². The summed E-state index contributed by atoms with van der Waals surface area (Å²) >= 11 is 0. The summed E-state index contributed by atoms with van der Waals surface area (Å²) in [7, 11) is 0. The van der Waals surface area contributed by atoms with Crippen LogP contribution in [0.25, 0.3) is 11.1 Å². The monoisotopic (exact) mass is 297 g/mol. The van der Waals surface area contributed by atoms with Gasteiger partial charge in [-0.25, -0.2) is 0 Å². The number of nitrogens with one attached hydrogen (secondary N) is 2. The minimum Gasteiger partial charge on any atom is -0.377 e. The average molecular weight is 297 g/mol. The van der Waals surface area contributed by atoms with Gasteiger partial charge in [-0.2, -0.15) is 5.10 Å². The van der Waals surface area contributed by atoms with Gasteiger partial charge in [-0.15, -0.1) is 0 Å². The number of ether oxygens (including phenoxy) is 1. The Morgan fingerprint density at radius 3 is 2.82 bits per heavy atom. The van der Waals surface area contributed by atoms with Gasteiger partial charge in [0, 0.05) is 12.2 Å². The minimum atomic E-state index is -0.0422. The van der Waals surface area contributed by atoms with E-state index in [0.717, 1.165) is 17.5 Å². The van der Waals surface area contributed by atoms with E-state index in [4.69, 9.17) is 4.74 Å². The van der Waals surface area contributed by atoms with Gasteiger partial charge < -0.3 is 10.1 Å². The van der Waals surface area contributed by atoms with E-state index >= 15 is 0 Å². The maximum absolute atomic E-state index is 12.6. The van der Waals surface area contributed by atoms with E-state index in [-0.39, 0.29) is 17.9 Å². The van der Waals surface area contributed by atoms with Crippen LogP contribution in [0, 0.1) is 11.8 Å². The third-order valence-corrected chi connectivity index (χ3v) is 4.53. The van der Waals surface area contributed by atoms with Crippen LogP contribution in [-0.4, -0.2) is 28.8 Å². The highest BCUT2D eigenvalue weighted by Gasteiger charge is 2.43. The average Bonchev–Trinajstić information content (AvgIpc) is 3.10. The SMILES string of the molecule is O=C(Nc1[nH]ncc1-c1ccccc1)[C@@H]1CCO[C@H]1C1CC1. The van der Waals surface area contributed by atoms with Crippen molar-refractivity contribution < 1.29 is 9.53 Å². The summed E-state index contributed by atoms with van der Waals surface area (Å²) in [5, 5.41) is 9.98. The Kier molecular flexibility index (Phi) is 3.42. The predicted molar refractivity (Wildman–Crippen MR) is 83.2 cm³/mol. The summed E-state index contributed by atoms with van der Waals surface area (Å²) < 4.78 is 5.76. The molecule has 1 saturated heterocycles. The molecule has 2 heterocycles. The molecule has 0 radical (unpaired) electrons. The molecule has 1 aromatic heterocycles. The Morgan fingerprint density at radius 1 is 1.23 bits per heavy atom. The van der Waals surface area contributed by atoms with Crippen molar-refractivity contribution in [2.24, 2.45) is 11.8 Å². The second-order valence-corrected chi connectivity index (χ2v) is 6.08. The molecule has 1 aliphatic carbocycles. The number of aromatic nitrogens is 2. The number of amides is 1. The fourth-order valence-electron chi connectivity index (χ4n) is 3.22. The molecule has 1 saturated carbocycles. The van der Waals surface area contributed by atoms with Gasteiger partial charge in [-0.3, -0.25) is 9.89 Å². The molecule has 2 aliphatic rings. The van der Waals surface area contributed by atoms with Gasteiger partial charge in [0.1, 0.15) is 5.82 Å². The summed E-state index contributed by atoms with van der Waals surface area (Å²) in [5.41, 5.74) is 1.95. The fraction of sp³-hybridized carbons (Fsp3) is 0.412. The lowest BCUT2D eigenvalue weighted by Gasteiger charge is -2.17. The van der Waals surface area contributed by atoms with Gasteiger partial charge in [0.2, 0.25) is 5.91 Å². The lowest BCUT2D eigenvalue weighted by atomic mass is 9.97. The zero-order valence-electron chi connectivity index (χ0n) is 12.3. The molecule has 22 heavy (non-hydrogen) atoms. The molecule has 2 atom stereocenters. The van der Waals surface area contributed by atoms with Crippen LogP contribution in [0.2, 0.25) is 0 Å². The second-order valence-electron chi connectivity index (χ2n) is 6.08. The number of carbonyl (C=O) groups is 1. The number of hydrogen-bond donors (Lipinski definition) is 2. The predicted octanol–water partition coefficient (Wildman–Crippen LogP) is 2.83. The number of benzene rings is 1. The van der Waals surface area contributed by atoms with Gasteiger partial charge in [0.05, 0.1) is 18.2 Å². The topological polar surface area (TPSA) is 67.0 Å². The molecule has 2 aromatic rings. The van der Waals surface area contributed by atoms with Crippen LogP contribution >= 0.6 is 0 Å². The second kappa shape index (κ2) is 5.57. The number of H-pyrrole nitrogens is 1. The molecule has 0 spiro atoms. The highest BCUT2D eigenvalue weighted by molar-refractivity contribution is 5.95. The van der Waals surface area contributed by atoms with Crippen LogP contribution in [0.4, 0.5) is 5.82 Å². The summed E-state index contributed by atoms with van der Waals surface area (Å²) in [4.78, 5) is 12.6. The first-order chi connectivity index (χ1) is 10.8. The summed E-state index contributed by atoms with van der Waals surface area (Å²) in [6, 6.07) is 9.93. The minimum absolute atomic E-state index is 0.0378. The first-order valence-electron chi connectivity index (χ1n) is 7.84. The number of carbonyl (C=O) groups excluding carboxylic acids is 1. The molecule has 0 unspecified atom stereocenters. The molecule has 2 fully saturated rings. The van der Waals surface area contributed by atoms with Crippen LogP contribution in [-0.2, 0) is 9.53 Å². The third kappa shape index (κ3) is 2.52. The first kappa shape index (κ1) is 13.5. The molecule has 1 amide bonds. The fourth-order valence-corrected chi connectivity index (χ4v) is 3.22. The number of rotatable bonds is 4. The standard InChI is InChI=1S/C17H19N3O2/c21-17(13-8-9-22-15(13)12-6-7-12)19-16-14(10-18-20-16)11-4-2-1-3-5-11/h1-5,10,12-13,15H,6-9H2,(H2,18,19,20,21)/t13-,15+/m1/s1. The first-order valence-corrected chi connectivity index (χ1v) is 7.84. The Bertz CT molecular complexity index is 664. The molecule has 5 heteroatoms. The van der Waals surface area contributed by atoms with Crippen molar-refractivity contribution in [1.29, 1.82) is 0 Å². The maximum Gasteiger partial charge on any atom is 0.231 e. The molecule has 5 nitrogen and oxygen atoms in total. The highest BCUT2D eigenvalue weighted by Crippen LogP contribution is 2.41. The largest absolute Gasteiger partial charge is 0.377 e. The molecular weight excluding hydrogens is 278 g/mol. The molecule has 1 aromatic carbocycles. The smallest absolute Gasteiger partial charge is 0.231 e. The molecule has 1 aliphatic heterocycles. The van der Waals surface area contributed by atoms with Crippen LogP contribution in [0.15, 0.2) is 36.5 Å². The quantitative estimate of drug-likeness (QED) is 0.912. The Hall–Kier alpha value is -2.14. The lowest BCUT2D eigenvalue weighted by molar-refractivity contribution is -0.121. The van der Waals surface area contributed by atoms with E-state index in [0.29, 0.717) is 18.3 Å². The number of hydrogen-bond acceptors (Lipinski definition) is 3. The number of nitrogens with zero attached hydrogens (tertiary/aromatic N) is 1. The molecule has 114 valence electrons. The van der Waals surface area contributed by atoms with Gasteiger partial charge >= 0.3 is 0 Å². The highest BCUT2D eigenvalue weighted by atomic mass is 16.5. The van der Waals surface area contributed by atoms with E-state index in [1.165, 1.54) is 12.8 Å². The lowest BCUT2D eigenvalue weighted by Crippen LogP contribution is -2.31. The van der Waals surface area contributed by atoms with E-state index in [2.05, 4.69) is 15.5 Å². The summed E-state index contributed by atoms with van der Waals surface area (Å²) in [5.74, 6) is 1.24. The van der Waals surface area contributed by atoms with E-state index in [1.807, 2.05) is 30.3 Å². The molecule has 2 N–H and O–H groups in total. The Morgan fingerprint density at radius 2 is 2.05 bits per heavy atom. The maximum atomic E-state index is 12.6. The summed E-state index contributed by atoms with van der Waals surface area (Å²) in [6.07, 6.45) is 5.03. The Labute approximate surface area is 129 Å². The van der Waals surface area contributed by atoms with Gasteiger partial charge in [-0.05, 0) is 30.7 Å². The van der Waals surface area contributed by atoms with Crippen molar-refractivity contribution >= 4 is 11.7 Å². The van der Waals surface area contributed by atoms with E-state index in [1.54, 1.807) is 6.20 Å². The normalized spacial score (nSPS) is 24.4. The van der Waals surface area contributed by atoms with Crippen molar-refractivity contribution in [2.75, 3.05) is 11.9 Å². The van der Waals surface area contributed by atoms with E-state index < -0.39 is 0 Å². The Balaban J connectivity index is 1.52. The molecule has 0 bridgehead atoms. The van der Waals surface area contributed by atoms with Gasteiger partial charge in [-0.1, -0.05) is 30.3 Å². The summed E-state index contributed by atoms with van der Waals surface area (Å²) in [6.45, 7) is 0.688. The van der Waals surface area contributed by atoms with Crippen LogP contribution in [0.5, 0.6) is 0 Å². The van der Waals surface area contributed by atoms with Crippen molar-refractivity contribution in [1.82, 2.24) is 10.2 Å². The van der Waals surface area contributed by atoms with Crippen molar-refractivity contribution in [3.05, 3.63) is 36.5 Å². The van der Waals surface area contributed by atoms with Crippen LogP contribution in [0.3, 0.4) is 0 Å². The van der Waals surface area contributed by atoms with E-state index in [9.17, 15) is 4.79 Å². The van der Waals surface area contributed by atoms with Crippen LogP contribution < -0.4 is 5.32 Å². The van der Waals surface area contributed by atoms with Crippen molar-refractivity contribution in [3.63, 3.8) is 0 Å². The zero-order chi connectivity index (χ0) is 14.9. The zero-order valence-corrected chi connectivity index (χ0v) is 12.3.